The van der Waals surface area contributed by atoms with Gasteiger partial charge in [-0.05, 0) is 19.1 Å². The largest absolute Gasteiger partial charge is 0.479 e. The standard InChI is InChI=1S/C11H14Cl2N2O2/c1-7(11(16)15-6-5-14)17-9-4-2-3-8(12)10(9)13/h2-4,7H,5-6,14H2,1H3,(H,15,16). The van der Waals surface area contributed by atoms with E-state index in [1.807, 2.05) is 0 Å². The maximum atomic E-state index is 11.5. The Kier molecular flexibility index (Phi) is 5.55. The van der Waals surface area contributed by atoms with E-state index in [1.54, 1.807) is 25.1 Å². The Hall–Kier alpha value is -0.970. The lowest BCUT2D eigenvalue weighted by Gasteiger charge is -2.15. The molecule has 1 aromatic carbocycles. The molecule has 0 aliphatic rings. The van der Waals surface area contributed by atoms with Crippen molar-refractivity contribution in [3.63, 3.8) is 0 Å². The molecule has 3 N–H and O–H groups in total. The molecule has 0 aromatic heterocycles. The molecule has 0 aliphatic heterocycles. The Morgan fingerprint density at radius 2 is 2.24 bits per heavy atom. The number of ether oxygens (including phenoxy) is 1. The first kappa shape index (κ1) is 14.1. The van der Waals surface area contributed by atoms with E-state index in [1.165, 1.54) is 0 Å². The molecule has 0 spiro atoms. The van der Waals surface area contributed by atoms with Crippen molar-refractivity contribution in [3.05, 3.63) is 28.2 Å². The highest BCUT2D eigenvalue weighted by Gasteiger charge is 2.16. The number of halogens is 2. The summed E-state index contributed by atoms with van der Waals surface area (Å²) in [4.78, 5) is 11.5. The average Bonchev–Trinajstić information content (AvgIpc) is 2.31. The second-order valence-electron chi connectivity index (χ2n) is 3.39. The number of nitrogens with two attached hydrogens (primary N) is 1. The van der Waals surface area contributed by atoms with Crippen LogP contribution in [0.4, 0.5) is 0 Å². The van der Waals surface area contributed by atoms with Crippen LogP contribution in [-0.2, 0) is 4.79 Å². The number of amides is 1. The summed E-state index contributed by atoms with van der Waals surface area (Å²) in [6.07, 6.45) is -0.655. The van der Waals surface area contributed by atoms with E-state index in [0.717, 1.165) is 0 Å². The summed E-state index contributed by atoms with van der Waals surface area (Å²) >= 11 is 11.8. The zero-order valence-electron chi connectivity index (χ0n) is 9.37. The van der Waals surface area contributed by atoms with Gasteiger partial charge in [-0.1, -0.05) is 29.3 Å². The van der Waals surface area contributed by atoms with E-state index in [0.29, 0.717) is 28.9 Å². The molecular formula is C11H14Cl2N2O2. The lowest BCUT2D eigenvalue weighted by Crippen LogP contribution is -2.38. The molecular weight excluding hydrogens is 263 g/mol. The molecule has 1 aromatic rings. The molecule has 0 heterocycles. The maximum absolute atomic E-state index is 11.5. The predicted molar refractivity (Wildman–Crippen MR) is 68.6 cm³/mol. The van der Waals surface area contributed by atoms with Crippen LogP contribution < -0.4 is 15.8 Å². The Bertz CT molecular complexity index is 399. The van der Waals surface area contributed by atoms with Crippen molar-refractivity contribution in [3.8, 4) is 5.75 Å². The normalized spacial score (nSPS) is 12.0. The Balaban J connectivity index is 2.64. The van der Waals surface area contributed by atoms with Crippen LogP contribution in [0.2, 0.25) is 10.0 Å². The van der Waals surface area contributed by atoms with Crippen LogP contribution in [0.5, 0.6) is 5.75 Å². The predicted octanol–water partition coefficient (Wildman–Crippen LogP) is 1.84. The first-order valence-electron chi connectivity index (χ1n) is 5.14. The van der Waals surface area contributed by atoms with Crippen molar-refractivity contribution in [2.24, 2.45) is 5.73 Å². The van der Waals surface area contributed by atoms with Crippen LogP contribution >= 0.6 is 23.2 Å². The molecule has 94 valence electrons. The van der Waals surface area contributed by atoms with Crippen molar-refractivity contribution in [2.75, 3.05) is 13.1 Å². The third-order valence-corrected chi connectivity index (χ3v) is 2.83. The fraction of sp³-hybridized carbons (Fsp3) is 0.364. The highest BCUT2D eigenvalue weighted by molar-refractivity contribution is 6.42. The average molecular weight is 277 g/mol. The molecule has 17 heavy (non-hydrogen) atoms. The highest BCUT2D eigenvalue weighted by Crippen LogP contribution is 2.31. The fourth-order valence-corrected chi connectivity index (χ4v) is 1.49. The quantitative estimate of drug-likeness (QED) is 0.863. The molecule has 0 saturated carbocycles. The van der Waals surface area contributed by atoms with Crippen LogP contribution in [-0.4, -0.2) is 25.1 Å². The van der Waals surface area contributed by atoms with Gasteiger partial charge in [-0.3, -0.25) is 4.79 Å². The summed E-state index contributed by atoms with van der Waals surface area (Å²) < 4.78 is 5.42. The molecule has 1 rings (SSSR count). The third-order valence-electron chi connectivity index (χ3n) is 2.03. The summed E-state index contributed by atoms with van der Waals surface area (Å²) in [5.74, 6) is 0.140. The molecule has 0 bridgehead atoms. The van der Waals surface area contributed by atoms with Crippen LogP contribution in [0, 0.1) is 0 Å². The number of hydrogen-bond donors (Lipinski definition) is 2. The van der Waals surface area contributed by atoms with Gasteiger partial charge in [0.1, 0.15) is 10.8 Å². The van der Waals surface area contributed by atoms with E-state index in [9.17, 15) is 4.79 Å². The summed E-state index contributed by atoms with van der Waals surface area (Å²) in [5, 5.41) is 3.31. The molecule has 0 saturated heterocycles. The van der Waals surface area contributed by atoms with Gasteiger partial charge in [0.05, 0.1) is 5.02 Å². The van der Waals surface area contributed by atoms with Crippen molar-refractivity contribution in [2.45, 2.75) is 13.0 Å². The van der Waals surface area contributed by atoms with E-state index in [4.69, 9.17) is 33.7 Å². The van der Waals surface area contributed by atoms with Crippen LogP contribution in [0.15, 0.2) is 18.2 Å². The Morgan fingerprint density at radius 1 is 1.53 bits per heavy atom. The molecule has 1 amide bonds. The summed E-state index contributed by atoms with van der Waals surface area (Å²) in [7, 11) is 0. The Labute approximate surface area is 110 Å². The smallest absolute Gasteiger partial charge is 0.260 e. The molecule has 1 unspecified atom stereocenters. The van der Waals surface area contributed by atoms with Gasteiger partial charge in [0.2, 0.25) is 0 Å². The van der Waals surface area contributed by atoms with E-state index in [-0.39, 0.29) is 5.91 Å². The minimum absolute atomic E-state index is 0.244. The molecule has 0 aliphatic carbocycles. The number of carbonyl (C=O) groups is 1. The van der Waals surface area contributed by atoms with E-state index < -0.39 is 6.10 Å². The van der Waals surface area contributed by atoms with Crippen LogP contribution in [0.3, 0.4) is 0 Å². The summed E-state index contributed by atoms with van der Waals surface area (Å²) in [6, 6.07) is 5.00. The van der Waals surface area contributed by atoms with Gasteiger partial charge in [0.15, 0.2) is 6.10 Å². The van der Waals surface area contributed by atoms with Gasteiger partial charge in [-0.25, -0.2) is 0 Å². The van der Waals surface area contributed by atoms with Crippen molar-refractivity contribution in [1.29, 1.82) is 0 Å². The van der Waals surface area contributed by atoms with Crippen molar-refractivity contribution in [1.82, 2.24) is 5.32 Å². The molecule has 0 fully saturated rings. The zero-order valence-corrected chi connectivity index (χ0v) is 10.9. The summed E-state index contributed by atoms with van der Waals surface area (Å²) in [6.45, 7) is 2.43. The van der Waals surface area contributed by atoms with Gasteiger partial charge in [-0.2, -0.15) is 0 Å². The lowest BCUT2D eigenvalue weighted by molar-refractivity contribution is -0.127. The monoisotopic (exact) mass is 276 g/mol. The maximum Gasteiger partial charge on any atom is 0.260 e. The fourth-order valence-electron chi connectivity index (χ4n) is 1.16. The van der Waals surface area contributed by atoms with Gasteiger partial charge < -0.3 is 15.8 Å². The molecule has 0 radical (unpaired) electrons. The van der Waals surface area contributed by atoms with E-state index in [2.05, 4.69) is 5.32 Å². The third kappa shape index (κ3) is 4.07. The number of benzene rings is 1. The van der Waals surface area contributed by atoms with Gasteiger partial charge >= 0.3 is 0 Å². The lowest BCUT2D eigenvalue weighted by atomic mass is 10.3. The second-order valence-corrected chi connectivity index (χ2v) is 4.18. The zero-order chi connectivity index (χ0) is 12.8. The number of rotatable bonds is 5. The van der Waals surface area contributed by atoms with Crippen molar-refractivity contribution >= 4 is 29.1 Å². The van der Waals surface area contributed by atoms with Crippen molar-refractivity contribution < 1.29 is 9.53 Å². The molecule has 6 heteroatoms. The number of nitrogens with one attached hydrogen (secondary N) is 1. The second kappa shape index (κ2) is 6.69. The number of carbonyl (C=O) groups excluding carboxylic acids is 1. The van der Waals surface area contributed by atoms with Gasteiger partial charge in [-0.15, -0.1) is 0 Å². The van der Waals surface area contributed by atoms with Gasteiger partial charge in [0.25, 0.3) is 5.91 Å². The van der Waals surface area contributed by atoms with E-state index >= 15 is 0 Å². The number of hydrogen-bond acceptors (Lipinski definition) is 3. The SMILES string of the molecule is CC(Oc1cccc(Cl)c1Cl)C(=O)NCCN. The first-order chi connectivity index (χ1) is 8.06. The van der Waals surface area contributed by atoms with Crippen LogP contribution in [0.1, 0.15) is 6.92 Å². The Morgan fingerprint density at radius 3 is 2.88 bits per heavy atom. The van der Waals surface area contributed by atoms with Gasteiger partial charge in [0, 0.05) is 13.1 Å². The first-order valence-corrected chi connectivity index (χ1v) is 5.90. The molecule has 4 nitrogen and oxygen atoms in total. The minimum atomic E-state index is -0.655. The topological polar surface area (TPSA) is 64.3 Å². The summed E-state index contributed by atoms with van der Waals surface area (Å²) in [5.41, 5.74) is 5.28. The minimum Gasteiger partial charge on any atom is -0.479 e. The highest BCUT2D eigenvalue weighted by atomic mass is 35.5. The molecule has 1 atom stereocenters. The van der Waals surface area contributed by atoms with Crippen LogP contribution in [0.25, 0.3) is 0 Å².